The zero-order valence-corrected chi connectivity index (χ0v) is 9.27. The molecule has 1 heterocycles. The largest absolute Gasteiger partial charge is 0.508 e. The van der Waals surface area contributed by atoms with Gasteiger partial charge in [-0.05, 0) is 28.1 Å². The Labute approximate surface area is 94.6 Å². The molecule has 1 aromatic carbocycles. The first-order valence-electron chi connectivity index (χ1n) is 4.26. The monoisotopic (exact) mass is 269 g/mol. The lowest BCUT2D eigenvalue weighted by atomic mass is 10.3. The summed E-state index contributed by atoms with van der Waals surface area (Å²) in [5.74, 6) is 1.22. The normalized spacial score (nSPS) is 10.2. The topological polar surface area (TPSA) is 55.5 Å². The Morgan fingerprint density at radius 1 is 1.47 bits per heavy atom. The molecule has 78 valence electrons. The Morgan fingerprint density at radius 2 is 2.33 bits per heavy atom. The van der Waals surface area contributed by atoms with Crippen LogP contribution in [0.1, 0.15) is 5.89 Å². The highest BCUT2D eigenvalue weighted by atomic mass is 79.9. The molecule has 1 N–H and O–H groups in total. The molecule has 0 fully saturated rings. The molecule has 0 aliphatic carbocycles. The van der Waals surface area contributed by atoms with Gasteiger partial charge < -0.3 is 14.3 Å². The van der Waals surface area contributed by atoms with Crippen molar-refractivity contribution in [2.75, 3.05) is 0 Å². The van der Waals surface area contributed by atoms with Gasteiger partial charge in [0.1, 0.15) is 11.5 Å². The van der Waals surface area contributed by atoms with Crippen LogP contribution in [0, 0.1) is 0 Å². The Balaban J connectivity index is 1.99. The summed E-state index contributed by atoms with van der Waals surface area (Å²) in [5, 5.41) is 9.19. The van der Waals surface area contributed by atoms with Crippen molar-refractivity contribution in [3.05, 3.63) is 41.0 Å². The van der Waals surface area contributed by atoms with Crippen molar-refractivity contribution < 1.29 is 14.3 Å². The van der Waals surface area contributed by atoms with Crippen LogP contribution in [-0.4, -0.2) is 10.1 Å². The van der Waals surface area contributed by atoms with E-state index in [9.17, 15) is 5.11 Å². The van der Waals surface area contributed by atoms with E-state index in [0.29, 0.717) is 16.3 Å². The molecule has 2 rings (SSSR count). The molecule has 5 heteroatoms. The summed E-state index contributed by atoms with van der Waals surface area (Å²) in [6, 6.07) is 6.56. The minimum absolute atomic E-state index is 0.168. The Kier molecular flexibility index (Phi) is 2.91. The summed E-state index contributed by atoms with van der Waals surface area (Å²) in [5.41, 5.74) is 0. The van der Waals surface area contributed by atoms with Gasteiger partial charge in [-0.1, -0.05) is 6.07 Å². The zero-order valence-electron chi connectivity index (χ0n) is 7.68. The Bertz CT molecular complexity index is 455. The molecule has 4 nitrogen and oxygen atoms in total. The number of rotatable bonds is 3. The first kappa shape index (κ1) is 10.0. The molecular weight excluding hydrogens is 262 g/mol. The summed E-state index contributed by atoms with van der Waals surface area (Å²) in [4.78, 5) is 3.95. The van der Waals surface area contributed by atoms with Gasteiger partial charge in [0, 0.05) is 6.07 Å². The molecule has 1 aromatic heterocycles. The fraction of sp³-hybridized carbons (Fsp3) is 0.100. The van der Waals surface area contributed by atoms with Crippen LogP contribution in [-0.2, 0) is 6.61 Å². The van der Waals surface area contributed by atoms with Crippen LogP contribution in [0.3, 0.4) is 0 Å². The molecular formula is C10H8BrNO3. The lowest BCUT2D eigenvalue weighted by Crippen LogP contribution is -1.94. The summed E-state index contributed by atoms with van der Waals surface area (Å²) in [7, 11) is 0. The fourth-order valence-corrected chi connectivity index (χ4v) is 1.36. The van der Waals surface area contributed by atoms with Gasteiger partial charge in [0.15, 0.2) is 11.3 Å². The number of phenols is 1. The molecule has 2 aromatic rings. The molecule has 0 atom stereocenters. The van der Waals surface area contributed by atoms with E-state index >= 15 is 0 Å². The summed E-state index contributed by atoms with van der Waals surface area (Å²) >= 11 is 3.15. The molecule has 0 saturated carbocycles. The predicted molar refractivity (Wildman–Crippen MR) is 56.6 cm³/mol. The molecule has 0 spiro atoms. The van der Waals surface area contributed by atoms with Crippen LogP contribution in [0.15, 0.2) is 39.5 Å². The van der Waals surface area contributed by atoms with Crippen LogP contribution >= 0.6 is 15.9 Å². The molecule has 0 saturated heterocycles. The highest BCUT2D eigenvalue weighted by Crippen LogP contribution is 2.19. The van der Waals surface area contributed by atoms with Gasteiger partial charge in [0.25, 0.3) is 0 Å². The number of hydrogen-bond acceptors (Lipinski definition) is 4. The van der Waals surface area contributed by atoms with Crippen molar-refractivity contribution in [3.63, 3.8) is 0 Å². The van der Waals surface area contributed by atoms with Crippen LogP contribution in [0.5, 0.6) is 11.5 Å². The predicted octanol–water partition coefficient (Wildman–Crippen LogP) is 2.72. The van der Waals surface area contributed by atoms with E-state index in [0.717, 1.165) is 0 Å². The van der Waals surface area contributed by atoms with Crippen molar-refractivity contribution in [2.45, 2.75) is 6.61 Å². The molecule has 0 amide bonds. The number of phenolic OH excluding ortho intramolecular Hbond substituents is 1. The number of oxazole rings is 1. The van der Waals surface area contributed by atoms with Crippen molar-refractivity contribution in [1.29, 1.82) is 0 Å². The lowest BCUT2D eigenvalue weighted by Gasteiger charge is -2.02. The van der Waals surface area contributed by atoms with Crippen molar-refractivity contribution in [3.8, 4) is 11.5 Å². The lowest BCUT2D eigenvalue weighted by molar-refractivity contribution is 0.259. The fourth-order valence-electron chi connectivity index (χ4n) is 1.07. The smallest absolute Gasteiger partial charge is 0.233 e. The van der Waals surface area contributed by atoms with Crippen LogP contribution in [0.2, 0.25) is 0 Å². The van der Waals surface area contributed by atoms with Crippen molar-refractivity contribution >= 4 is 15.9 Å². The maximum atomic E-state index is 9.19. The van der Waals surface area contributed by atoms with Gasteiger partial charge in [0.05, 0.1) is 6.20 Å². The molecule has 0 aliphatic rings. The first-order valence-corrected chi connectivity index (χ1v) is 5.05. The number of aromatic hydroxyl groups is 1. The quantitative estimate of drug-likeness (QED) is 0.931. The average molecular weight is 270 g/mol. The van der Waals surface area contributed by atoms with Crippen LogP contribution < -0.4 is 4.74 Å². The van der Waals surface area contributed by atoms with Crippen LogP contribution in [0.4, 0.5) is 0 Å². The maximum absolute atomic E-state index is 9.19. The standard InChI is InChI=1S/C10H8BrNO3/c11-9-5-12-10(15-9)6-14-8-3-1-2-7(13)4-8/h1-5,13H,6H2. The Hall–Kier alpha value is -1.49. The third-order valence-electron chi connectivity index (χ3n) is 1.71. The van der Waals surface area contributed by atoms with E-state index in [4.69, 9.17) is 9.15 Å². The summed E-state index contributed by atoms with van der Waals surface area (Å²) < 4.78 is 11.1. The van der Waals surface area contributed by atoms with Gasteiger partial charge in [-0.3, -0.25) is 0 Å². The summed E-state index contributed by atoms with van der Waals surface area (Å²) in [6.45, 7) is 0.231. The first-order chi connectivity index (χ1) is 7.24. The Morgan fingerprint density at radius 3 is 3.00 bits per heavy atom. The van der Waals surface area contributed by atoms with Gasteiger partial charge in [-0.15, -0.1) is 0 Å². The van der Waals surface area contributed by atoms with Gasteiger partial charge in [-0.25, -0.2) is 4.98 Å². The summed E-state index contributed by atoms with van der Waals surface area (Å²) in [6.07, 6.45) is 1.56. The molecule has 0 unspecified atom stereocenters. The number of hydrogen-bond donors (Lipinski definition) is 1. The zero-order chi connectivity index (χ0) is 10.7. The minimum atomic E-state index is 0.168. The third-order valence-corrected chi connectivity index (χ3v) is 2.07. The van der Waals surface area contributed by atoms with Gasteiger partial charge in [0.2, 0.25) is 5.89 Å². The number of nitrogens with zero attached hydrogens (tertiary/aromatic N) is 1. The van der Waals surface area contributed by atoms with E-state index in [1.54, 1.807) is 24.4 Å². The average Bonchev–Trinajstić information content (AvgIpc) is 2.62. The number of benzene rings is 1. The second-order valence-electron chi connectivity index (χ2n) is 2.84. The SMILES string of the molecule is Oc1cccc(OCc2ncc(Br)o2)c1. The van der Waals surface area contributed by atoms with E-state index < -0.39 is 0 Å². The third kappa shape index (κ3) is 2.73. The molecule has 15 heavy (non-hydrogen) atoms. The molecule has 0 radical (unpaired) electrons. The van der Waals surface area contributed by atoms with E-state index in [1.165, 1.54) is 6.07 Å². The highest BCUT2D eigenvalue weighted by molar-refractivity contribution is 9.10. The van der Waals surface area contributed by atoms with E-state index in [2.05, 4.69) is 20.9 Å². The van der Waals surface area contributed by atoms with Gasteiger partial charge in [-0.2, -0.15) is 0 Å². The number of halogens is 1. The second-order valence-corrected chi connectivity index (χ2v) is 3.63. The second kappa shape index (κ2) is 4.35. The number of ether oxygens (including phenoxy) is 1. The maximum Gasteiger partial charge on any atom is 0.233 e. The highest BCUT2D eigenvalue weighted by Gasteiger charge is 2.02. The van der Waals surface area contributed by atoms with Gasteiger partial charge >= 0.3 is 0 Å². The van der Waals surface area contributed by atoms with Crippen molar-refractivity contribution in [1.82, 2.24) is 4.98 Å². The number of aromatic nitrogens is 1. The molecule has 0 aliphatic heterocycles. The minimum Gasteiger partial charge on any atom is -0.508 e. The van der Waals surface area contributed by atoms with E-state index in [-0.39, 0.29) is 12.4 Å². The van der Waals surface area contributed by atoms with Crippen LogP contribution in [0.25, 0.3) is 0 Å². The van der Waals surface area contributed by atoms with E-state index in [1.807, 2.05) is 0 Å². The van der Waals surface area contributed by atoms with Crippen molar-refractivity contribution in [2.24, 2.45) is 0 Å². The molecule has 0 bridgehead atoms.